The lowest BCUT2D eigenvalue weighted by atomic mass is 10.3. The minimum Gasteiger partial charge on any atom is -0.393 e. The molecule has 2 aromatic rings. The van der Waals surface area contributed by atoms with Crippen LogP contribution in [0.5, 0.6) is 0 Å². The molecule has 1 aliphatic rings. The van der Waals surface area contributed by atoms with Gasteiger partial charge in [-0.3, -0.25) is 0 Å². The number of aromatic nitrogens is 3. The highest BCUT2D eigenvalue weighted by atomic mass is 32.1. The van der Waals surface area contributed by atoms with E-state index in [-0.39, 0.29) is 0 Å². The number of hydrogen-bond donors (Lipinski definition) is 2. The Balaban J connectivity index is 1.78. The van der Waals surface area contributed by atoms with Crippen LogP contribution in [0.15, 0.2) is 6.33 Å². The van der Waals surface area contributed by atoms with Crippen LogP contribution in [-0.2, 0) is 0 Å². The third-order valence-electron chi connectivity index (χ3n) is 4.24. The summed E-state index contributed by atoms with van der Waals surface area (Å²) in [7, 11) is 0. The second-order valence-corrected chi connectivity index (χ2v) is 6.87. The minimum atomic E-state index is 0.586. The zero-order valence-corrected chi connectivity index (χ0v) is 14.7. The molecule has 23 heavy (non-hydrogen) atoms. The molecule has 0 spiro atoms. The van der Waals surface area contributed by atoms with E-state index in [9.17, 15) is 0 Å². The molecule has 3 heterocycles. The molecule has 3 N–H and O–H groups in total. The number of nitrogens with one attached hydrogen (secondary N) is 1. The molecular formula is C15H23N7S. The second-order valence-electron chi connectivity index (χ2n) is 5.67. The summed E-state index contributed by atoms with van der Waals surface area (Å²) in [5, 5.41) is 4.04. The minimum absolute atomic E-state index is 0.586. The summed E-state index contributed by atoms with van der Waals surface area (Å²) in [4.78, 5) is 19.0. The van der Waals surface area contributed by atoms with Crippen LogP contribution in [0.4, 0.5) is 22.5 Å². The Hall–Kier alpha value is -1.93. The van der Waals surface area contributed by atoms with Crippen LogP contribution >= 0.6 is 11.3 Å². The Bertz CT molecular complexity index is 657. The van der Waals surface area contributed by atoms with Gasteiger partial charge in [0.2, 0.25) is 0 Å². The maximum Gasteiger partial charge on any atom is 0.188 e. The van der Waals surface area contributed by atoms with Crippen molar-refractivity contribution in [2.45, 2.75) is 20.8 Å². The van der Waals surface area contributed by atoms with Crippen molar-refractivity contribution in [3.63, 3.8) is 0 Å². The molecule has 1 fully saturated rings. The van der Waals surface area contributed by atoms with Crippen molar-refractivity contribution in [3.8, 4) is 0 Å². The van der Waals surface area contributed by atoms with Crippen molar-refractivity contribution >= 4 is 33.8 Å². The maximum atomic E-state index is 6.31. The van der Waals surface area contributed by atoms with Crippen molar-refractivity contribution < 1.29 is 0 Å². The fourth-order valence-corrected chi connectivity index (χ4v) is 3.45. The SMILES string of the molecule is CCN1CCN(c2ncnc(Nc3nc(C)c(C)s3)c2N)CC1. The normalized spacial score (nSPS) is 15.9. The van der Waals surface area contributed by atoms with Crippen LogP contribution in [0.3, 0.4) is 0 Å². The van der Waals surface area contributed by atoms with Crippen molar-refractivity contribution in [3.05, 3.63) is 16.9 Å². The third kappa shape index (κ3) is 3.37. The molecule has 3 rings (SSSR count). The highest BCUT2D eigenvalue weighted by molar-refractivity contribution is 7.15. The van der Waals surface area contributed by atoms with Crippen LogP contribution in [0.25, 0.3) is 0 Å². The highest BCUT2D eigenvalue weighted by Gasteiger charge is 2.20. The van der Waals surface area contributed by atoms with Gasteiger partial charge in [0.25, 0.3) is 0 Å². The Kier molecular flexibility index (Phi) is 4.63. The summed E-state index contributed by atoms with van der Waals surface area (Å²) in [6.07, 6.45) is 1.56. The van der Waals surface area contributed by atoms with Gasteiger partial charge in [0.15, 0.2) is 16.8 Å². The van der Waals surface area contributed by atoms with E-state index in [1.807, 2.05) is 6.92 Å². The summed E-state index contributed by atoms with van der Waals surface area (Å²) in [5.74, 6) is 1.44. The lowest BCUT2D eigenvalue weighted by Crippen LogP contribution is -2.46. The van der Waals surface area contributed by atoms with Gasteiger partial charge in [-0.2, -0.15) is 0 Å². The number of rotatable bonds is 4. The molecule has 0 amide bonds. The highest BCUT2D eigenvalue weighted by Crippen LogP contribution is 2.31. The molecule has 0 unspecified atom stereocenters. The second kappa shape index (κ2) is 6.67. The van der Waals surface area contributed by atoms with Gasteiger partial charge < -0.3 is 20.9 Å². The van der Waals surface area contributed by atoms with Gasteiger partial charge >= 0.3 is 0 Å². The number of anilines is 4. The summed E-state index contributed by atoms with van der Waals surface area (Å²) in [6, 6.07) is 0. The van der Waals surface area contributed by atoms with Crippen molar-refractivity contribution in [2.24, 2.45) is 0 Å². The molecular weight excluding hydrogens is 310 g/mol. The lowest BCUT2D eigenvalue weighted by molar-refractivity contribution is 0.270. The number of thiazole rings is 1. The fourth-order valence-electron chi connectivity index (χ4n) is 2.64. The van der Waals surface area contributed by atoms with Gasteiger partial charge in [-0.05, 0) is 20.4 Å². The summed E-state index contributed by atoms with van der Waals surface area (Å²) >= 11 is 1.60. The van der Waals surface area contributed by atoms with Gasteiger partial charge in [0.1, 0.15) is 12.0 Å². The first-order valence-electron chi connectivity index (χ1n) is 7.87. The van der Waals surface area contributed by atoms with Gasteiger partial charge in [-0.25, -0.2) is 15.0 Å². The predicted octanol–water partition coefficient (Wildman–Crippen LogP) is 2.02. The van der Waals surface area contributed by atoms with Crippen molar-refractivity contribution in [2.75, 3.05) is 48.7 Å². The molecule has 8 heteroatoms. The number of aryl methyl sites for hydroxylation is 2. The standard InChI is InChI=1S/C15H23N7S/c1-4-21-5-7-22(8-6-21)14-12(16)13(17-9-18-14)20-15-19-10(2)11(3)23-15/h9H,4-8,16H2,1-3H3,(H,17,18,19,20). The predicted molar refractivity (Wildman–Crippen MR) is 95.6 cm³/mol. The van der Waals surface area contributed by atoms with Crippen molar-refractivity contribution in [1.82, 2.24) is 19.9 Å². The van der Waals surface area contributed by atoms with Crippen molar-refractivity contribution in [1.29, 1.82) is 0 Å². The summed E-state index contributed by atoms with van der Waals surface area (Å²) < 4.78 is 0. The molecule has 7 nitrogen and oxygen atoms in total. The molecule has 2 aromatic heterocycles. The van der Waals surface area contributed by atoms with Gasteiger partial charge in [-0.15, -0.1) is 11.3 Å². The number of hydrogen-bond acceptors (Lipinski definition) is 8. The third-order valence-corrected chi connectivity index (χ3v) is 5.22. The van der Waals surface area contributed by atoms with Crippen LogP contribution < -0.4 is 16.0 Å². The zero-order chi connectivity index (χ0) is 16.4. The molecule has 0 radical (unpaired) electrons. The smallest absolute Gasteiger partial charge is 0.188 e. The summed E-state index contributed by atoms with van der Waals surface area (Å²) in [5.41, 5.74) is 7.92. The maximum absolute atomic E-state index is 6.31. The number of piperazine rings is 1. The first-order valence-corrected chi connectivity index (χ1v) is 8.69. The Morgan fingerprint density at radius 2 is 1.96 bits per heavy atom. The van der Waals surface area contributed by atoms with Crippen LogP contribution in [-0.4, -0.2) is 52.6 Å². The van der Waals surface area contributed by atoms with E-state index in [1.165, 1.54) is 4.88 Å². The molecule has 1 aliphatic heterocycles. The van der Waals surface area contributed by atoms with E-state index >= 15 is 0 Å². The monoisotopic (exact) mass is 333 g/mol. The topological polar surface area (TPSA) is 83.2 Å². The Morgan fingerprint density at radius 1 is 1.22 bits per heavy atom. The van der Waals surface area contributed by atoms with E-state index in [0.717, 1.165) is 49.4 Å². The molecule has 0 bridgehead atoms. The van der Waals surface area contributed by atoms with E-state index in [1.54, 1.807) is 17.7 Å². The van der Waals surface area contributed by atoms with Gasteiger partial charge in [0, 0.05) is 31.1 Å². The Morgan fingerprint density at radius 3 is 2.57 bits per heavy atom. The van der Waals surface area contributed by atoms with Gasteiger partial charge in [0.05, 0.1) is 5.69 Å². The first-order chi connectivity index (χ1) is 11.1. The molecule has 124 valence electrons. The molecule has 1 saturated heterocycles. The molecule has 0 aliphatic carbocycles. The molecule has 0 saturated carbocycles. The number of nitrogens with zero attached hydrogens (tertiary/aromatic N) is 5. The van der Waals surface area contributed by atoms with E-state index in [4.69, 9.17) is 5.73 Å². The number of likely N-dealkylation sites (N-methyl/N-ethyl adjacent to an activating group) is 1. The Labute approximate surface area is 140 Å². The fraction of sp³-hybridized carbons (Fsp3) is 0.533. The largest absolute Gasteiger partial charge is 0.393 e. The first kappa shape index (κ1) is 15.9. The lowest BCUT2D eigenvalue weighted by Gasteiger charge is -2.35. The van der Waals surface area contributed by atoms with Gasteiger partial charge in [-0.1, -0.05) is 6.92 Å². The quantitative estimate of drug-likeness (QED) is 0.885. The molecule has 0 atom stereocenters. The van der Waals surface area contributed by atoms with E-state index < -0.39 is 0 Å². The summed E-state index contributed by atoms with van der Waals surface area (Å²) in [6.45, 7) is 11.3. The zero-order valence-electron chi connectivity index (χ0n) is 13.8. The molecule has 0 aromatic carbocycles. The number of nitrogens with two attached hydrogens (primary N) is 1. The van der Waals surface area contributed by atoms with E-state index in [2.05, 4.69) is 43.9 Å². The van der Waals surface area contributed by atoms with E-state index in [0.29, 0.717) is 11.5 Å². The van der Waals surface area contributed by atoms with Crippen LogP contribution in [0.2, 0.25) is 0 Å². The average Bonchev–Trinajstić information content (AvgIpc) is 2.87. The van der Waals surface area contributed by atoms with Crippen LogP contribution in [0, 0.1) is 13.8 Å². The number of nitrogen functional groups attached to an aromatic ring is 1. The average molecular weight is 333 g/mol. The van der Waals surface area contributed by atoms with Crippen LogP contribution in [0.1, 0.15) is 17.5 Å².